The number of carbonyl (C=O) groups is 2. The van der Waals surface area contributed by atoms with Crippen LogP contribution < -0.4 is 10.6 Å². The topological polar surface area (TPSA) is 169 Å². The summed E-state index contributed by atoms with van der Waals surface area (Å²) in [5.41, 5.74) is 2.99. The normalized spacial score (nSPS) is 14.8. The molecule has 0 saturated heterocycles. The van der Waals surface area contributed by atoms with E-state index in [1.54, 1.807) is 13.1 Å². The summed E-state index contributed by atoms with van der Waals surface area (Å²) in [6.45, 7) is 11.4. The number of aryl methyl sites for hydroxylation is 4. The lowest BCUT2D eigenvalue weighted by atomic mass is 10.4. The van der Waals surface area contributed by atoms with Gasteiger partial charge >= 0.3 is 48.2 Å². The number of aromatic nitrogens is 4. The van der Waals surface area contributed by atoms with Crippen molar-refractivity contribution in [1.29, 1.82) is 0 Å². The molecule has 2 aromatic heterocycles. The summed E-state index contributed by atoms with van der Waals surface area (Å²) in [5.74, 6) is 0. The molecule has 0 aromatic carbocycles. The van der Waals surface area contributed by atoms with Crippen molar-refractivity contribution in [2.24, 2.45) is 0 Å². The van der Waals surface area contributed by atoms with Crippen molar-refractivity contribution in [1.82, 2.24) is 30.2 Å². The van der Waals surface area contributed by atoms with Crippen LogP contribution in [-0.4, -0.2) is 107 Å². The smallest absolute Gasteiger partial charge is 0.420 e. The summed E-state index contributed by atoms with van der Waals surface area (Å²) in [6.07, 6.45) is 0.963. The molecule has 3 N–H and O–H groups in total. The minimum Gasteiger partial charge on any atom is -0.420 e. The van der Waals surface area contributed by atoms with Crippen molar-refractivity contribution in [3.05, 3.63) is 34.9 Å². The Labute approximate surface area is 253 Å². The van der Waals surface area contributed by atoms with Gasteiger partial charge < -0.3 is 41.1 Å². The Morgan fingerprint density at radius 2 is 1.26 bits per heavy atom. The van der Waals surface area contributed by atoms with Gasteiger partial charge in [0.1, 0.15) is 0 Å². The summed E-state index contributed by atoms with van der Waals surface area (Å²) in [4.78, 5) is 35.0. The summed E-state index contributed by atoms with van der Waals surface area (Å²) >= 11 is 0. The number of nitrogens with zero attached hydrogens (tertiary/aromatic N) is 4. The van der Waals surface area contributed by atoms with E-state index in [1.165, 1.54) is 30.7 Å². The zero-order chi connectivity index (χ0) is 31.5. The maximum atomic E-state index is 12.6. The number of amides is 2. The fourth-order valence-electron chi connectivity index (χ4n) is 4.36. The second-order valence-corrected chi connectivity index (χ2v) is 20.0. The van der Waals surface area contributed by atoms with Gasteiger partial charge in [0.25, 0.3) is 0 Å². The third-order valence-corrected chi connectivity index (χ3v) is 18.4. The zero-order valence-electron chi connectivity index (χ0n) is 26.1. The van der Waals surface area contributed by atoms with E-state index in [0.717, 1.165) is 22.8 Å². The van der Waals surface area contributed by atoms with Gasteiger partial charge in [-0.3, -0.25) is 0 Å². The van der Waals surface area contributed by atoms with Gasteiger partial charge in [-0.05, 0) is 65.8 Å². The molecular weight excluding hydrogens is 617 g/mol. The fraction of sp³-hybridized carbons (Fsp3) is 0.652. The molecule has 238 valence electrons. The van der Waals surface area contributed by atoms with Gasteiger partial charge in [-0.2, -0.15) is 19.6 Å². The van der Waals surface area contributed by atoms with Crippen LogP contribution in [0.15, 0.2) is 12.1 Å². The molecule has 42 heavy (non-hydrogen) atoms. The predicted molar refractivity (Wildman–Crippen MR) is 164 cm³/mol. The molecule has 3 atom stereocenters. The van der Waals surface area contributed by atoms with Crippen molar-refractivity contribution in [2.45, 2.75) is 65.7 Å². The van der Waals surface area contributed by atoms with Crippen LogP contribution in [0.4, 0.5) is 9.59 Å². The van der Waals surface area contributed by atoms with Crippen LogP contribution in [0.5, 0.6) is 0 Å². The summed E-state index contributed by atoms with van der Waals surface area (Å²) in [7, 11) is -7.04. The lowest BCUT2D eigenvalue weighted by molar-refractivity contribution is 0.0998. The van der Waals surface area contributed by atoms with Crippen LogP contribution in [0.1, 0.15) is 35.6 Å². The predicted octanol–water partition coefficient (Wildman–Crippen LogP) is 1.47. The Balaban J connectivity index is 2.08. The van der Waals surface area contributed by atoms with Gasteiger partial charge in [0.2, 0.25) is 0 Å². The van der Waals surface area contributed by atoms with Crippen LogP contribution in [0.2, 0.25) is 25.2 Å². The van der Waals surface area contributed by atoms with Crippen LogP contribution in [0.25, 0.3) is 0 Å². The van der Waals surface area contributed by atoms with Gasteiger partial charge in [-0.15, -0.1) is 0 Å². The van der Waals surface area contributed by atoms with Crippen LogP contribution in [0.3, 0.4) is 0 Å². The Hall–Kier alpha value is -2.05. The van der Waals surface area contributed by atoms with Crippen LogP contribution in [0, 0.1) is 27.7 Å². The number of carbonyl (C=O) groups excluding carboxylic acids is 2. The minimum absolute atomic E-state index is 0.316. The maximum Gasteiger partial charge on any atom is 0.493 e. The molecule has 0 spiro atoms. The third-order valence-electron chi connectivity index (χ3n) is 6.25. The molecule has 0 bridgehead atoms. The van der Waals surface area contributed by atoms with Crippen molar-refractivity contribution >= 4 is 48.2 Å². The molecule has 19 heteroatoms. The molecular formula is C23H46N6O9Si4. The highest BCUT2D eigenvalue weighted by Crippen LogP contribution is 2.27. The molecule has 0 radical (unpaired) electrons. The molecule has 15 nitrogen and oxygen atoms in total. The van der Waals surface area contributed by atoms with E-state index in [9.17, 15) is 14.4 Å². The van der Waals surface area contributed by atoms with Gasteiger partial charge in [-0.25, -0.2) is 9.59 Å². The first-order chi connectivity index (χ1) is 19.8. The molecule has 0 aliphatic heterocycles. The molecule has 0 saturated carbocycles. The van der Waals surface area contributed by atoms with E-state index in [1.807, 2.05) is 39.8 Å². The van der Waals surface area contributed by atoms with E-state index < -0.39 is 36.2 Å². The molecule has 2 rings (SSSR count). The van der Waals surface area contributed by atoms with Gasteiger partial charge in [-0.1, -0.05) is 0 Å². The largest absolute Gasteiger partial charge is 0.493 e. The Bertz CT molecular complexity index is 1160. The second-order valence-electron chi connectivity index (χ2n) is 9.85. The first kappa shape index (κ1) is 36.1. The lowest BCUT2D eigenvalue weighted by Gasteiger charge is -2.38. The maximum absolute atomic E-state index is 12.6. The third kappa shape index (κ3) is 10.6. The van der Waals surface area contributed by atoms with Crippen molar-refractivity contribution in [2.75, 3.05) is 34.4 Å². The van der Waals surface area contributed by atoms with E-state index in [0.29, 0.717) is 38.0 Å². The lowest BCUT2D eigenvalue weighted by Crippen LogP contribution is -2.59. The van der Waals surface area contributed by atoms with Crippen molar-refractivity contribution < 1.29 is 40.0 Å². The minimum atomic E-state index is -3.49. The number of hydrogen-bond acceptors (Lipinski definition) is 11. The van der Waals surface area contributed by atoms with Crippen LogP contribution in [-0.2, 0) is 25.6 Å². The van der Waals surface area contributed by atoms with Crippen molar-refractivity contribution in [3.8, 4) is 0 Å². The standard InChI is InChI=1S/C23H46N6O9Si4/c1-18-16-20(3)28(26-18)22(30)24-12-10-14-41(33-5,34-6)38-42(35-7,37-40(9)36-39(8)32)15-11-13-25-23(31)29-21(4)17-19(2)27-29/h16-17,32,39-40H,10-15H2,1-9H3,(H,24,30)(H,25,31). The Kier molecular flexibility index (Phi) is 14.4. The highest BCUT2D eigenvalue weighted by atomic mass is 28.5. The number of rotatable bonds is 17. The van der Waals surface area contributed by atoms with E-state index in [4.69, 9.17) is 25.6 Å². The monoisotopic (exact) mass is 662 g/mol. The van der Waals surface area contributed by atoms with E-state index in [-0.39, 0.29) is 12.1 Å². The van der Waals surface area contributed by atoms with E-state index in [2.05, 4.69) is 20.8 Å². The number of hydrogen-bond donors (Lipinski definition) is 3. The highest BCUT2D eigenvalue weighted by molar-refractivity contribution is 6.78. The molecule has 2 aromatic rings. The SMILES string of the molecule is CO[Si](CCCNC(=O)n1nc(C)cc1C)(OC)O[Si](CCCNC(=O)n1nc(C)cc1C)(OC)O[SiH](C)O[SiH](C)O. The van der Waals surface area contributed by atoms with Gasteiger partial charge in [0.15, 0.2) is 0 Å². The Morgan fingerprint density at radius 1 is 0.833 bits per heavy atom. The molecule has 3 unspecified atom stereocenters. The zero-order valence-corrected chi connectivity index (χ0v) is 30.4. The average molecular weight is 663 g/mol. The van der Waals surface area contributed by atoms with Crippen molar-refractivity contribution in [3.63, 3.8) is 0 Å². The van der Waals surface area contributed by atoms with Gasteiger partial charge in [0, 0.05) is 57.9 Å². The molecule has 2 amide bonds. The molecule has 0 aliphatic carbocycles. The first-order valence-corrected chi connectivity index (χ1v) is 21.9. The fourth-order valence-corrected chi connectivity index (χ4v) is 16.5. The summed E-state index contributed by atoms with van der Waals surface area (Å²) < 4.78 is 38.8. The molecule has 0 fully saturated rings. The second kappa shape index (κ2) is 16.7. The highest BCUT2D eigenvalue weighted by Gasteiger charge is 2.52. The average Bonchev–Trinajstić information content (AvgIpc) is 3.46. The van der Waals surface area contributed by atoms with E-state index >= 15 is 0 Å². The summed E-state index contributed by atoms with van der Waals surface area (Å²) in [6, 6.07) is 3.70. The summed E-state index contributed by atoms with van der Waals surface area (Å²) in [5, 5.41) is 14.1. The molecule has 2 heterocycles. The first-order valence-electron chi connectivity index (χ1n) is 13.8. The quantitative estimate of drug-likeness (QED) is 0.166. The Morgan fingerprint density at radius 3 is 1.62 bits per heavy atom. The number of nitrogens with one attached hydrogen (secondary N) is 2. The molecule has 0 aliphatic rings. The van der Waals surface area contributed by atoms with Gasteiger partial charge in [0.05, 0.1) is 11.4 Å². The van der Waals surface area contributed by atoms with Crippen LogP contribution >= 0.6 is 0 Å².